The van der Waals surface area contributed by atoms with Crippen LogP contribution in [0.4, 0.5) is 0 Å². The van der Waals surface area contributed by atoms with E-state index in [9.17, 15) is 4.79 Å². The van der Waals surface area contributed by atoms with Crippen LogP contribution in [0.5, 0.6) is 0 Å². The highest BCUT2D eigenvalue weighted by Crippen LogP contribution is 2.16. The molecule has 82 valence electrons. The van der Waals surface area contributed by atoms with Crippen molar-refractivity contribution in [3.05, 3.63) is 34.5 Å². The molecule has 0 saturated carbocycles. The summed E-state index contributed by atoms with van der Waals surface area (Å²) in [7, 11) is 0. The van der Waals surface area contributed by atoms with Gasteiger partial charge >= 0.3 is 0 Å². The highest BCUT2D eigenvalue weighted by Gasteiger charge is 2.15. The van der Waals surface area contributed by atoms with Crippen molar-refractivity contribution in [1.82, 2.24) is 5.32 Å². The lowest BCUT2D eigenvalue weighted by molar-refractivity contribution is -0.122. The third kappa shape index (κ3) is 3.85. The Morgan fingerprint density at radius 1 is 1.73 bits per heavy atom. The minimum atomic E-state index is -0.532. The third-order valence-electron chi connectivity index (χ3n) is 1.98. The highest BCUT2D eigenvalue weighted by molar-refractivity contribution is 7.10. The van der Waals surface area contributed by atoms with Gasteiger partial charge in [-0.15, -0.1) is 11.3 Å². The summed E-state index contributed by atoms with van der Waals surface area (Å²) in [6.45, 7) is 2.60. The van der Waals surface area contributed by atoms with E-state index in [1.807, 2.05) is 36.6 Å². The molecule has 3 nitrogen and oxygen atoms in total. The van der Waals surface area contributed by atoms with Gasteiger partial charge in [0.1, 0.15) is 6.04 Å². The second-order valence-corrected chi connectivity index (χ2v) is 4.12. The molecule has 1 unspecified atom stereocenters. The molecule has 4 heteroatoms. The number of nitrogens with two attached hydrogens (primary N) is 1. The summed E-state index contributed by atoms with van der Waals surface area (Å²) in [6.07, 6.45) is 4.82. The SMILES string of the molecule is C/C=C/CCNC(=O)C(N)c1cccs1. The summed E-state index contributed by atoms with van der Waals surface area (Å²) in [5.74, 6) is -0.109. The van der Waals surface area contributed by atoms with Crippen molar-refractivity contribution in [1.29, 1.82) is 0 Å². The first-order valence-corrected chi connectivity index (χ1v) is 5.81. The number of nitrogens with one attached hydrogen (secondary N) is 1. The van der Waals surface area contributed by atoms with Gasteiger partial charge in [-0.05, 0) is 24.8 Å². The molecule has 0 fully saturated rings. The third-order valence-corrected chi connectivity index (χ3v) is 2.93. The Balaban J connectivity index is 2.34. The molecule has 1 amide bonds. The zero-order valence-electron chi connectivity index (χ0n) is 8.77. The van der Waals surface area contributed by atoms with Crippen molar-refractivity contribution in [3.8, 4) is 0 Å². The van der Waals surface area contributed by atoms with Gasteiger partial charge in [-0.1, -0.05) is 18.2 Å². The van der Waals surface area contributed by atoms with E-state index in [2.05, 4.69) is 5.32 Å². The van der Waals surface area contributed by atoms with Gasteiger partial charge in [0.15, 0.2) is 0 Å². The molecular weight excluding hydrogens is 208 g/mol. The molecule has 0 radical (unpaired) electrons. The molecule has 0 aromatic carbocycles. The van der Waals surface area contributed by atoms with E-state index >= 15 is 0 Å². The molecule has 0 aliphatic carbocycles. The van der Waals surface area contributed by atoms with E-state index in [4.69, 9.17) is 5.73 Å². The van der Waals surface area contributed by atoms with Gasteiger partial charge < -0.3 is 11.1 Å². The number of thiophene rings is 1. The number of amides is 1. The van der Waals surface area contributed by atoms with Crippen LogP contribution in [-0.2, 0) is 4.79 Å². The van der Waals surface area contributed by atoms with Crippen LogP contribution in [0.15, 0.2) is 29.7 Å². The average Bonchev–Trinajstić information content (AvgIpc) is 2.76. The smallest absolute Gasteiger partial charge is 0.242 e. The molecule has 1 atom stereocenters. The molecule has 1 heterocycles. The highest BCUT2D eigenvalue weighted by atomic mass is 32.1. The Bertz CT molecular complexity index is 319. The summed E-state index contributed by atoms with van der Waals surface area (Å²) < 4.78 is 0. The maximum absolute atomic E-state index is 11.6. The number of carbonyl (C=O) groups excluding carboxylic acids is 1. The Hall–Kier alpha value is -1.13. The van der Waals surface area contributed by atoms with Crippen LogP contribution in [0.25, 0.3) is 0 Å². The molecule has 0 spiro atoms. The van der Waals surface area contributed by atoms with Crippen molar-refractivity contribution < 1.29 is 4.79 Å². The fraction of sp³-hybridized carbons (Fsp3) is 0.364. The molecule has 0 bridgehead atoms. The van der Waals surface area contributed by atoms with Gasteiger partial charge in [0.05, 0.1) is 0 Å². The number of carbonyl (C=O) groups is 1. The molecule has 15 heavy (non-hydrogen) atoms. The fourth-order valence-electron chi connectivity index (χ4n) is 1.15. The Morgan fingerprint density at radius 2 is 2.53 bits per heavy atom. The first kappa shape index (κ1) is 11.9. The first-order chi connectivity index (χ1) is 7.25. The van der Waals surface area contributed by atoms with Gasteiger partial charge in [-0.3, -0.25) is 4.79 Å². The van der Waals surface area contributed by atoms with E-state index in [1.54, 1.807) is 0 Å². The summed E-state index contributed by atoms with van der Waals surface area (Å²) in [6, 6.07) is 3.24. The van der Waals surface area contributed by atoms with Crippen LogP contribution < -0.4 is 11.1 Å². The largest absolute Gasteiger partial charge is 0.354 e. The van der Waals surface area contributed by atoms with Crippen molar-refractivity contribution in [2.24, 2.45) is 5.73 Å². The van der Waals surface area contributed by atoms with Gasteiger partial charge in [-0.25, -0.2) is 0 Å². The molecule has 1 aromatic rings. The van der Waals surface area contributed by atoms with Crippen LogP contribution in [0.2, 0.25) is 0 Å². The van der Waals surface area contributed by atoms with Crippen molar-refractivity contribution in [2.75, 3.05) is 6.54 Å². The van der Waals surface area contributed by atoms with Crippen LogP contribution in [-0.4, -0.2) is 12.5 Å². The second-order valence-electron chi connectivity index (χ2n) is 3.14. The Kier molecular flexibility index (Phi) is 5.07. The lowest BCUT2D eigenvalue weighted by Gasteiger charge is -2.09. The molecule has 0 aliphatic rings. The van der Waals surface area contributed by atoms with Gasteiger partial charge in [0.2, 0.25) is 5.91 Å². The van der Waals surface area contributed by atoms with Gasteiger partial charge in [0.25, 0.3) is 0 Å². The van der Waals surface area contributed by atoms with Crippen molar-refractivity contribution in [2.45, 2.75) is 19.4 Å². The maximum Gasteiger partial charge on any atom is 0.242 e. The summed E-state index contributed by atoms with van der Waals surface area (Å²) in [4.78, 5) is 12.5. The lowest BCUT2D eigenvalue weighted by Crippen LogP contribution is -2.34. The number of rotatable bonds is 5. The molecular formula is C11H16N2OS. The van der Waals surface area contributed by atoms with Gasteiger partial charge in [0, 0.05) is 11.4 Å². The monoisotopic (exact) mass is 224 g/mol. The minimum Gasteiger partial charge on any atom is -0.354 e. The predicted octanol–water partition coefficient (Wildman–Crippen LogP) is 1.83. The summed E-state index contributed by atoms with van der Waals surface area (Å²) >= 11 is 1.50. The Morgan fingerprint density at radius 3 is 3.13 bits per heavy atom. The van der Waals surface area contributed by atoms with Gasteiger partial charge in [-0.2, -0.15) is 0 Å². The number of hydrogen-bond donors (Lipinski definition) is 2. The normalized spacial score (nSPS) is 12.9. The van der Waals surface area contributed by atoms with Crippen LogP contribution in [0.1, 0.15) is 24.3 Å². The van der Waals surface area contributed by atoms with E-state index < -0.39 is 6.04 Å². The molecule has 3 N–H and O–H groups in total. The van der Waals surface area contributed by atoms with E-state index in [0.717, 1.165) is 11.3 Å². The quantitative estimate of drug-likeness (QED) is 0.592. The summed E-state index contributed by atoms with van der Waals surface area (Å²) in [5, 5.41) is 4.72. The molecule has 0 saturated heterocycles. The Labute approximate surface area is 94.0 Å². The average molecular weight is 224 g/mol. The topological polar surface area (TPSA) is 55.1 Å². The van der Waals surface area contributed by atoms with Crippen LogP contribution in [0, 0.1) is 0 Å². The first-order valence-electron chi connectivity index (χ1n) is 4.93. The van der Waals surface area contributed by atoms with E-state index in [1.165, 1.54) is 11.3 Å². The fourth-order valence-corrected chi connectivity index (χ4v) is 1.88. The second kappa shape index (κ2) is 6.37. The van der Waals surface area contributed by atoms with Crippen LogP contribution >= 0.6 is 11.3 Å². The molecule has 1 aromatic heterocycles. The molecule has 1 rings (SSSR count). The zero-order valence-corrected chi connectivity index (χ0v) is 9.59. The number of hydrogen-bond acceptors (Lipinski definition) is 3. The van der Waals surface area contributed by atoms with E-state index in [0.29, 0.717) is 6.54 Å². The predicted molar refractivity (Wildman–Crippen MR) is 63.7 cm³/mol. The summed E-state index contributed by atoms with van der Waals surface area (Å²) in [5.41, 5.74) is 5.78. The molecule has 0 aliphatic heterocycles. The zero-order chi connectivity index (χ0) is 11.1. The standard InChI is InChI=1S/C11H16N2OS/c1-2-3-4-7-13-11(14)10(12)9-6-5-8-15-9/h2-3,5-6,8,10H,4,7,12H2,1H3,(H,13,14)/b3-2+. The van der Waals surface area contributed by atoms with Crippen LogP contribution in [0.3, 0.4) is 0 Å². The van der Waals surface area contributed by atoms with Crippen molar-refractivity contribution >= 4 is 17.2 Å². The van der Waals surface area contributed by atoms with E-state index in [-0.39, 0.29) is 5.91 Å². The number of allylic oxidation sites excluding steroid dienone is 1. The minimum absolute atomic E-state index is 0.109. The van der Waals surface area contributed by atoms with Crippen molar-refractivity contribution in [3.63, 3.8) is 0 Å². The lowest BCUT2D eigenvalue weighted by atomic mass is 10.2. The maximum atomic E-state index is 11.6.